The molecule has 11 heteroatoms. The number of aliphatic hydroxyl groups is 1. The van der Waals surface area contributed by atoms with Crippen molar-refractivity contribution in [2.24, 2.45) is 0 Å². The first-order chi connectivity index (χ1) is 12.4. The molecule has 148 valence electrons. The Hall–Kier alpha value is -1.95. The van der Waals surface area contributed by atoms with Crippen molar-refractivity contribution in [1.82, 2.24) is 4.72 Å². The topological polar surface area (TPSA) is 101 Å². The second-order valence-electron chi connectivity index (χ2n) is 5.67. The summed E-state index contributed by atoms with van der Waals surface area (Å²) >= 11 is 0. The molecule has 0 unspecified atom stereocenters. The van der Waals surface area contributed by atoms with Crippen LogP contribution in [0.3, 0.4) is 0 Å². The van der Waals surface area contributed by atoms with E-state index in [9.17, 15) is 35.1 Å². The average Bonchev–Trinajstić information content (AvgIpc) is 2.59. The quantitative estimate of drug-likeness (QED) is 0.742. The smallest absolute Gasteiger partial charge is 0.392 e. The van der Waals surface area contributed by atoms with Crippen LogP contribution < -0.4 is 4.72 Å². The third-order valence-electron chi connectivity index (χ3n) is 3.48. The molecule has 0 amide bonds. The summed E-state index contributed by atoms with van der Waals surface area (Å²) in [5, 5.41) is 9.18. The Bertz CT molecular complexity index is 1020. The zero-order chi connectivity index (χ0) is 20.5. The Morgan fingerprint density at radius 3 is 2.11 bits per heavy atom. The minimum atomic E-state index is -5.02. The van der Waals surface area contributed by atoms with E-state index in [4.69, 9.17) is 0 Å². The molecule has 2 rings (SSSR count). The van der Waals surface area contributed by atoms with Crippen LogP contribution in [0, 0.1) is 0 Å². The van der Waals surface area contributed by atoms with Crippen molar-refractivity contribution in [3.8, 4) is 0 Å². The van der Waals surface area contributed by atoms with Crippen LogP contribution in [-0.4, -0.2) is 34.6 Å². The monoisotopic (exact) mass is 423 g/mol. The highest BCUT2D eigenvalue weighted by atomic mass is 32.2. The lowest BCUT2D eigenvalue weighted by Gasteiger charge is -2.16. The first-order valence-corrected chi connectivity index (χ1v) is 10.5. The van der Waals surface area contributed by atoms with Gasteiger partial charge in [-0.25, -0.2) is 21.6 Å². The summed E-state index contributed by atoms with van der Waals surface area (Å²) in [7, 11) is -8.95. The van der Waals surface area contributed by atoms with E-state index in [-0.39, 0.29) is 4.90 Å². The number of hydrogen-bond acceptors (Lipinski definition) is 5. The van der Waals surface area contributed by atoms with Gasteiger partial charge in [-0.05, 0) is 37.3 Å². The molecule has 0 heterocycles. The fourth-order valence-electron chi connectivity index (χ4n) is 2.17. The van der Waals surface area contributed by atoms with Crippen LogP contribution in [0.5, 0.6) is 0 Å². The lowest BCUT2D eigenvalue weighted by molar-refractivity contribution is -0.139. The maximum atomic E-state index is 13.2. The molecule has 0 aliphatic heterocycles. The van der Waals surface area contributed by atoms with Gasteiger partial charge in [-0.1, -0.05) is 18.2 Å². The van der Waals surface area contributed by atoms with Crippen molar-refractivity contribution >= 4 is 19.9 Å². The van der Waals surface area contributed by atoms with Crippen LogP contribution in [0.1, 0.15) is 12.5 Å². The normalized spacial score (nSPS) is 14.1. The molecule has 0 saturated carbocycles. The van der Waals surface area contributed by atoms with E-state index >= 15 is 0 Å². The first kappa shape index (κ1) is 21.4. The van der Waals surface area contributed by atoms with Crippen LogP contribution >= 0.6 is 0 Å². The molecular weight excluding hydrogens is 407 g/mol. The Morgan fingerprint density at radius 2 is 1.59 bits per heavy atom. The van der Waals surface area contributed by atoms with Crippen molar-refractivity contribution in [2.45, 2.75) is 33.9 Å². The van der Waals surface area contributed by atoms with Crippen molar-refractivity contribution in [1.29, 1.82) is 0 Å². The van der Waals surface area contributed by atoms with Gasteiger partial charge in [0.25, 0.3) is 0 Å². The molecule has 0 aliphatic carbocycles. The Morgan fingerprint density at radius 1 is 1.00 bits per heavy atom. The van der Waals surface area contributed by atoms with Crippen LogP contribution in [0.2, 0.25) is 0 Å². The molecule has 6 nitrogen and oxygen atoms in total. The minimum Gasteiger partial charge on any atom is -0.392 e. The number of hydrogen-bond donors (Lipinski definition) is 2. The molecule has 0 saturated heterocycles. The highest BCUT2D eigenvalue weighted by Crippen LogP contribution is 2.36. The van der Waals surface area contributed by atoms with Crippen LogP contribution in [0.4, 0.5) is 13.2 Å². The standard InChI is InChI=1S/C16H16F3NO5S2/c1-11(21)10-20-27(24,25)15-9-13(7-8-14(15)16(17,18)19)26(22,23)12-5-3-2-4-6-12/h2-9,11,20-21H,10H2,1H3/t11-/m0/s1. The van der Waals surface area contributed by atoms with Gasteiger partial charge >= 0.3 is 6.18 Å². The van der Waals surface area contributed by atoms with Crippen LogP contribution in [0.15, 0.2) is 63.2 Å². The average molecular weight is 423 g/mol. The number of halogens is 3. The number of sulfonamides is 1. The maximum absolute atomic E-state index is 13.2. The van der Waals surface area contributed by atoms with Crippen molar-refractivity contribution in [3.63, 3.8) is 0 Å². The first-order valence-electron chi connectivity index (χ1n) is 7.55. The molecule has 2 N–H and O–H groups in total. The van der Waals surface area contributed by atoms with Gasteiger partial charge in [0.2, 0.25) is 19.9 Å². The van der Waals surface area contributed by atoms with Crippen LogP contribution in [0.25, 0.3) is 0 Å². The maximum Gasteiger partial charge on any atom is 0.417 e. The van der Waals surface area contributed by atoms with Crippen molar-refractivity contribution in [3.05, 3.63) is 54.1 Å². The summed E-state index contributed by atoms with van der Waals surface area (Å²) in [6.45, 7) is 0.707. The summed E-state index contributed by atoms with van der Waals surface area (Å²) in [5.74, 6) is 0. The molecule has 2 aromatic carbocycles. The van der Waals surface area contributed by atoms with Gasteiger partial charge in [0, 0.05) is 6.54 Å². The van der Waals surface area contributed by atoms with Gasteiger partial charge in [-0.15, -0.1) is 0 Å². The summed E-state index contributed by atoms with van der Waals surface area (Å²) in [5.41, 5.74) is -1.51. The number of alkyl halides is 3. The number of nitrogens with one attached hydrogen (secondary N) is 1. The summed E-state index contributed by atoms with van der Waals surface area (Å²) in [6, 6.07) is 8.49. The predicted molar refractivity (Wildman–Crippen MR) is 90.2 cm³/mol. The van der Waals surface area contributed by atoms with E-state index in [0.717, 1.165) is 0 Å². The number of aliphatic hydroxyl groups excluding tert-OH is 1. The molecular formula is C16H16F3NO5S2. The van der Waals surface area contributed by atoms with Gasteiger partial charge in [0.05, 0.1) is 26.4 Å². The number of sulfone groups is 1. The molecule has 1 atom stereocenters. The van der Waals surface area contributed by atoms with E-state index in [0.29, 0.717) is 18.2 Å². The molecule has 0 aliphatic rings. The van der Waals surface area contributed by atoms with Gasteiger partial charge in [0.1, 0.15) is 0 Å². The van der Waals surface area contributed by atoms with E-state index in [2.05, 4.69) is 0 Å². The predicted octanol–water partition coefficient (Wildman–Crippen LogP) is 2.20. The van der Waals surface area contributed by atoms with E-state index in [1.165, 1.54) is 31.2 Å². The van der Waals surface area contributed by atoms with E-state index < -0.39 is 54.0 Å². The highest BCUT2D eigenvalue weighted by molar-refractivity contribution is 7.91. The second kappa shape index (κ2) is 7.58. The third kappa shape index (κ3) is 4.86. The minimum absolute atomic E-state index is 0.190. The molecule has 0 bridgehead atoms. The largest absolute Gasteiger partial charge is 0.417 e. The number of benzene rings is 2. The van der Waals surface area contributed by atoms with Gasteiger partial charge in [-0.2, -0.15) is 13.2 Å². The highest BCUT2D eigenvalue weighted by Gasteiger charge is 2.38. The van der Waals surface area contributed by atoms with Gasteiger partial charge < -0.3 is 5.11 Å². The lowest BCUT2D eigenvalue weighted by Crippen LogP contribution is -2.32. The Balaban J connectivity index is 2.66. The third-order valence-corrected chi connectivity index (χ3v) is 6.71. The summed E-state index contributed by atoms with van der Waals surface area (Å²) < 4.78 is 91.4. The SMILES string of the molecule is C[C@H](O)CNS(=O)(=O)c1cc(S(=O)(=O)c2ccccc2)ccc1C(F)(F)F. The van der Waals surface area contributed by atoms with Crippen LogP contribution in [-0.2, 0) is 26.0 Å². The lowest BCUT2D eigenvalue weighted by atomic mass is 10.2. The molecule has 0 spiro atoms. The Kier molecular flexibility index (Phi) is 6.00. The molecule has 2 aromatic rings. The zero-order valence-electron chi connectivity index (χ0n) is 13.9. The zero-order valence-corrected chi connectivity index (χ0v) is 15.6. The van der Waals surface area contributed by atoms with E-state index in [1.807, 2.05) is 4.72 Å². The van der Waals surface area contributed by atoms with Gasteiger partial charge in [-0.3, -0.25) is 0 Å². The van der Waals surface area contributed by atoms with Crippen molar-refractivity contribution < 1.29 is 35.1 Å². The van der Waals surface area contributed by atoms with E-state index in [1.54, 1.807) is 6.07 Å². The molecule has 0 aromatic heterocycles. The fraction of sp³-hybridized carbons (Fsp3) is 0.250. The summed E-state index contributed by atoms with van der Waals surface area (Å²) in [4.78, 5) is -2.02. The van der Waals surface area contributed by atoms with Crippen molar-refractivity contribution in [2.75, 3.05) is 6.54 Å². The number of rotatable bonds is 6. The fourth-order valence-corrected chi connectivity index (χ4v) is 4.92. The van der Waals surface area contributed by atoms with Gasteiger partial charge in [0.15, 0.2) is 0 Å². The summed E-state index contributed by atoms with van der Waals surface area (Å²) in [6.07, 6.45) is -6.17. The molecule has 0 radical (unpaired) electrons. The molecule has 0 fully saturated rings. The second-order valence-corrected chi connectivity index (χ2v) is 9.36. The molecule has 27 heavy (non-hydrogen) atoms. The Labute approximate surface area is 154 Å².